The van der Waals surface area contributed by atoms with Crippen molar-refractivity contribution >= 4 is 23.0 Å². The van der Waals surface area contributed by atoms with Crippen LogP contribution < -0.4 is 10.2 Å². The molecule has 3 rings (SSSR count). The molecule has 1 saturated heterocycles. The summed E-state index contributed by atoms with van der Waals surface area (Å²) in [6.07, 6.45) is 5.64. The number of anilines is 2. The van der Waals surface area contributed by atoms with E-state index >= 15 is 0 Å². The Morgan fingerprint density at radius 3 is 3.14 bits per heavy atom. The SMILES string of the molecule is CN(Cc1nccs1)c1cc(N[C@@H]2CCCOC2)ncn1. The molecule has 0 radical (unpaired) electrons. The lowest BCUT2D eigenvalue weighted by atomic mass is 10.1. The Morgan fingerprint density at radius 1 is 1.43 bits per heavy atom. The van der Waals surface area contributed by atoms with Crippen molar-refractivity contribution in [2.24, 2.45) is 0 Å². The Kier molecular flexibility index (Phi) is 4.62. The van der Waals surface area contributed by atoms with Crippen LogP contribution in [0, 0.1) is 0 Å². The Balaban J connectivity index is 1.64. The highest BCUT2D eigenvalue weighted by molar-refractivity contribution is 7.09. The van der Waals surface area contributed by atoms with E-state index in [1.54, 1.807) is 17.7 Å². The molecule has 0 saturated carbocycles. The molecule has 0 bridgehead atoms. The molecule has 21 heavy (non-hydrogen) atoms. The zero-order valence-corrected chi connectivity index (χ0v) is 12.8. The van der Waals surface area contributed by atoms with E-state index in [1.807, 2.05) is 24.7 Å². The second-order valence-electron chi connectivity index (χ2n) is 5.10. The largest absolute Gasteiger partial charge is 0.379 e. The molecule has 1 aliphatic heterocycles. The van der Waals surface area contributed by atoms with Gasteiger partial charge in [0.05, 0.1) is 19.2 Å². The number of hydrogen-bond acceptors (Lipinski definition) is 7. The van der Waals surface area contributed by atoms with Gasteiger partial charge < -0.3 is 15.0 Å². The van der Waals surface area contributed by atoms with Crippen LogP contribution in [0.4, 0.5) is 11.6 Å². The topological polar surface area (TPSA) is 63.2 Å². The zero-order valence-electron chi connectivity index (χ0n) is 12.0. The number of aromatic nitrogens is 3. The van der Waals surface area contributed by atoms with Crippen LogP contribution in [0.3, 0.4) is 0 Å². The second-order valence-corrected chi connectivity index (χ2v) is 6.08. The van der Waals surface area contributed by atoms with Gasteiger partial charge in [-0.25, -0.2) is 15.0 Å². The maximum Gasteiger partial charge on any atom is 0.134 e. The van der Waals surface area contributed by atoms with Crippen molar-refractivity contribution in [1.82, 2.24) is 15.0 Å². The Bertz CT molecular complexity index is 556. The molecule has 6 nitrogen and oxygen atoms in total. The first-order valence-corrected chi connectivity index (χ1v) is 7.95. The van der Waals surface area contributed by atoms with Crippen LogP contribution in [0.25, 0.3) is 0 Å². The second kappa shape index (κ2) is 6.82. The van der Waals surface area contributed by atoms with Gasteiger partial charge in [0.2, 0.25) is 0 Å². The minimum absolute atomic E-state index is 0.339. The van der Waals surface area contributed by atoms with Crippen LogP contribution in [0.5, 0.6) is 0 Å². The van der Waals surface area contributed by atoms with E-state index in [0.717, 1.165) is 49.2 Å². The Labute approximate surface area is 128 Å². The number of rotatable bonds is 5. The molecule has 0 unspecified atom stereocenters. The predicted octanol–water partition coefficient (Wildman–Crippen LogP) is 2.16. The average Bonchev–Trinajstić information content (AvgIpc) is 3.01. The van der Waals surface area contributed by atoms with Gasteiger partial charge in [0.15, 0.2) is 0 Å². The first-order valence-electron chi connectivity index (χ1n) is 7.07. The normalized spacial score (nSPS) is 18.4. The molecule has 7 heteroatoms. The predicted molar refractivity (Wildman–Crippen MR) is 83.7 cm³/mol. The van der Waals surface area contributed by atoms with Gasteiger partial charge in [-0.05, 0) is 12.8 Å². The van der Waals surface area contributed by atoms with Gasteiger partial charge in [0.25, 0.3) is 0 Å². The quantitative estimate of drug-likeness (QED) is 0.913. The van der Waals surface area contributed by atoms with Crippen molar-refractivity contribution in [1.29, 1.82) is 0 Å². The van der Waals surface area contributed by atoms with E-state index in [4.69, 9.17) is 4.74 Å². The highest BCUT2D eigenvalue weighted by Gasteiger charge is 2.14. The van der Waals surface area contributed by atoms with Crippen molar-refractivity contribution in [2.75, 3.05) is 30.5 Å². The van der Waals surface area contributed by atoms with Gasteiger partial charge >= 0.3 is 0 Å². The fraction of sp³-hybridized carbons (Fsp3) is 0.500. The number of ether oxygens (including phenoxy) is 1. The molecule has 2 aromatic rings. The summed E-state index contributed by atoms with van der Waals surface area (Å²) in [5, 5.41) is 6.48. The van der Waals surface area contributed by atoms with Gasteiger partial charge in [-0.1, -0.05) is 0 Å². The van der Waals surface area contributed by atoms with E-state index in [0.29, 0.717) is 6.04 Å². The third kappa shape index (κ3) is 3.89. The van der Waals surface area contributed by atoms with Crippen LogP contribution in [0.15, 0.2) is 24.0 Å². The van der Waals surface area contributed by atoms with Gasteiger partial charge in [0.1, 0.15) is 23.0 Å². The summed E-state index contributed by atoms with van der Waals surface area (Å²) >= 11 is 1.65. The number of thiazole rings is 1. The minimum atomic E-state index is 0.339. The number of hydrogen-bond donors (Lipinski definition) is 1. The summed E-state index contributed by atoms with van der Waals surface area (Å²) in [4.78, 5) is 15.0. The highest BCUT2D eigenvalue weighted by atomic mass is 32.1. The van der Waals surface area contributed by atoms with Crippen molar-refractivity contribution < 1.29 is 4.74 Å². The van der Waals surface area contributed by atoms with Gasteiger partial charge in [-0.3, -0.25) is 0 Å². The molecule has 3 heterocycles. The molecular weight excluding hydrogens is 286 g/mol. The molecular formula is C14H19N5OS. The summed E-state index contributed by atoms with van der Waals surface area (Å²) in [6, 6.07) is 2.31. The molecule has 1 atom stereocenters. The van der Waals surface area contributed by atoms with Crippen molar-refractivity contribution in [3.63, 3.8) is 0 Å². The lowest BCUT2D eigenvalue weighted by molar-refractivity contribution is 0.0875. The lowest BCUT2D eigenvalue weighted by Crippen LogP contribution is -2.30. The van der Waals surface area contributed by atoms with Crippen LogP contribution in [-0.2, 0) is 11.3 Å². The standard InChI is InChI=1S/C14H19N5OS/c1-19(8-14-15-4-6-21-14)13-7-12(16-10-17-13)18-11-3-2-5-20-9-11/h4,6-7,10-11H,2-3,5,8-9H2,1H3,(H,16,17,18)/t11-/m1/s1. The molecule has 1 aliphatic rings. The first-order chi connectivity index (χ1) is 10.3. The van der Waals surface area contributed by atoms with Gasteiger partial charge in [-0.2, -0.15) is 0 Å². The summed E-state index contributed by atoms with van der Waals surface area (Å²) in [7, 11) is 2.01. The molecule has 112 valence electrons. The molecule has 0 aromatic carbocycles. The van der Waals surface area contributed by atoms with E-state index < -0.39 is 0 Å². The van der Waals surface area contributed by atoms with E-state index in [1.165, 1.54) is 0 Å². The van der Waals surface area contributed by atoms with Crippen molar-refractivity contribution in [3.05, 3.63) is 29.0 Å². The summed E-state index contributed by atoms with van der Waals surface area (Å²) in [5.41, 5.74) is 0. The monoisotopic (exact) mass is 305 g/mol. The fourth-order valence-electron chi connectivity index (χ4n) is 2.31. The van der Waals surface area contributed by atoms with E-state index in [2.05, 4.69) is 25.2 Å². The fourth-order valence-corrected chi connectivity index (χ4v) is 2.98. The van der Waals surface area contributed by atoms with E-state index in [9.17, 15) is 0 Å². The smallest absolute Gasteiger partial charge is 0.134 e. The Hall–Kier alpha value is -1.73. The third-order valence-electron chi connectivity index (χ3n) is 3.41. The third-order valence-corrected chi connectivity index (χ3v) is 4.18. The Morgan fingerprint density at radius 2 is 2.38 bits per heavy atom. The van der Waals surface area contributed by atoms with Crippen molar-refractivity contribution in [2.45, 2.75) is 25.4 Å². The maximum absolute atomic E-state index is 5.48. The molecule has 1 N–H and O–H groups in total. The molecule has 0 aliphatic carbocycles. The number of nitrogens with zero attached hydrogens (tertiary/aromatic N) is 4. The molecule has 0 spiro atoms. The summed E-state index contributed by atoms with van der Waals surface area (Å²) < 4.78 is 5.48. The molecule has 2 aromatic heterocycles. The highest BCUT2D eigenvalue weighted by Crippen LogP contribution is 2.18. The van der Waals surface area contributed by atoms with Crippen LogP contribution in [-0.4, -0.2) is 41.3 Å². The van der Waals surface area contributed by atoms with Gasteiger partial charge in [-0.15, -0.1) is 11.3 Å². The van der Waals surface area contributed by atoms with Crippen LogP contribution in [0.2, 0.25) is 0 Å². The average molecular weight is 305 g/mol. The number of nitrogens with one attached hydrogen (secondary N) is 1. The van der Waals surface area contributed by atoms with Crippen LogP contribution >= 0.6 is 11.3 Å². The minimum Gasteiger partial charge on any atom is -0.379 e. The lowest BCUT2D eigenvalue weighted by Gasteiger charge is -2.24. The molecule has 1 fully saturated rings. The maximum atomic E-state index is 5.48. The van der Waals surface area contributed by atoms with E-state index in [-0.39, 0.29) is 0 Å². The van der Waals surface area contributed by atoms with Gasteiger partial charge in [0, 0.05) is 31.3 Å². The zero-order chi connectivity index (χ0) is 14.5. The summed E-state index contributed by atoms with van der Waals surface area (Å²) in [6.45, 7) is 2.36. The van der Waals surface area contributed by atoms with Crippen molar-refractivity contribution in [3.8, 4) is 0 Å². The summed E-state index contributed by atoms with van der Waals surface area (Å²) in [5.74, 6) is 1.74. The first kappa shape index (κ1) is 14.2. The van der Waals surface area contributed by atoms with Crippen LogP contribution in [0.1, 0.15) is 17.8 Å². The molecule has 0 amide bonds.